The number of anilines is 1. The van der Waals surface area contributed by atoms with Crippen LogP contribution in [0.2, 0.25) is 0 Å². The molecule has 0 bridgehead atoms. The number of benzene rings is 3. The fourth-order valence-corrected chi connectivity index (χ4v) is 3.24. The van der Waals surface area contributed by atoms with Crippen molar-refractivity contribution in [2.75, 3.05) is 5.32 Å². The Balaban J connectivity index is 2.00. The van der Waals surface area contributed by atoms with Crippen LogP contribution in [0.15, 0.2) is 66.7 Å². The molecule has 3 aromatic rings. The van der Waals surface area contributed by atoms with Gasteiger partial charge in [0.25, 0.3) is 0 Å². The minimum Gasteiger partial charge on any atom is -0.326 e. The van der Waals surface area contributed by atoms with Crippen molar-refractivity contribution in [3.63, 3.8) is 0 Å². The molecule has 1 atom stereocenters. The summed E-state index contributed by atoms with van der Waals surface area (Å²) in [4.78, 5) is 12.0. The highest BCUT2D eigenvalue weighted by Gasteiger charge is 2.27. The van der Waals surface area contributed by atoms with Crippen molar-refractivity contribution in [2.24, 2.45) is 0 Å². The Morgan fingerprint density at radius 3 is 2.48 bits per heavy atom. The highest BCUT2D eigenvalue weighted by atomic mass is 16.1. The summed E-state index contributed by atoms with van der Waals surface area (Å²) in [5.74, 6) is 0.215. The van der Waals surface area contributed by atoms with Gasteiger partial charge in [-0.25, -0.2) is 0 Å². The van der Waals surface area contributed by atoms with Gasteiger partial charge < -0.3 is 5.32 Å². The summed E-state index contributed by atoms with van der Waals surface area (Å²) >= 11 is 0. The summed E-state index contributed by atoms with van der Waals surface area (Å²) in [5, 5.41) is 5.45. The van der Waals surface area contributed by atoms with Gasteiger partial charge in [-0.05, 0) is 28.0 Å². The first kappa shape index (κ1) is 12.2. The predicted octanol–water partition coefficient (Wildman–Crippen LogP) is 4.31. The molecule has 0 saturated heterocycles. The van der Waals surface area contributed by atoms with Crippen LogP contribution in [-0.4, -0.2) is 5.91 Å². The van der Waals surface area contributed by atoms with Gasteiger partial charge in [-0.2, -0.15) is 0 Å². The summed E-state index contributed by atoms with van der Waals surface area (Å²) in [6, 6.07) is 22.7. The van der Waals surface area contributed by atoms with E-state index in [1.807, 2.05) is 30.3 Å². The summed E-state index contributed by atoms with van der Waals surface area (Å²) in [7, 11) is 0. The van der Waals surface area contributed by atoms with E-state index in [1.54, 1.807) is 0 Å². The Morgan fingerprint density at radius 1 is 0.857 bits per heavy atom. The Kier molecular flexibility index (Phi) is 2.74. The molecule has 4 rings (SSSR count). The minimum absolute atomic E-state index is 0.0895. The molecular formula is C19H15NO. The molecule has 1 amide bonds. The molecule has 2 nitrogen and oxygen atoms in total. The van der Waals surface area contributed by atoms with Crippen molar-refractivity contribution in [2.45, 2.75) is 12.3 Å². The van der Waals surface area contributed by atoms with Gasteiger partial charge in [-0.3, -0.25) is 4.79 Å². The van der Waals surface area contributed by atoms with Crippen molar-refractivity contribution in [3.8, 4) is 0 Å². The van der Waals surface area contributed by atoms with Crippen molar-refractivity contribution in [3.05, 3.63) is 77.9 Å². The summed E-state index contributed by atoms with van der Waals surface area (Å²) in [5.41, 5.74) is 3.38. The van der Waals surface area contributed by atoms with E-state index >= 15 is 0 Å². The fourth-order valence-electron chi connectivity index (χ4n) is 3.24. The van der Waals surface area contributed by atoms with Crippen LogP contribution >= 0.6 is 0 Å². The van der Waals surface area contributed by atoms with Crippen LogP contribution in [0.3, 0.4) is 0 Å². The van der Waals surface area contributed by atoms with Crippen LogP contribution in [-0.2, 0) is 4.79 Å². The van der Waals surface area contributed by atoms with Crippen molar-refractivity contribution >= 4 is 22.4 Å². The first-order valence-electron chi connectivity index (χ1n) is 7.19. The number of carbonyl (C=O) groups excluding carboxylic acids is 1. The normalized spacial score (nSPS) is 17.3. The van der Waals surface area contributed by atoms with E-state index in [0.717, 1.165) is 5.69 Å². The third-order valence-electron chi connectivity index (χ3n) is 4.18. The number of nitrogens with one attached hydrogen (secondary N) is 1. The van der Waals surface area contributed by atoms with Crippen LogP contribution in [0.25, 0.3) is 10.8 Å². The maximum Gasteiger partial charge on any atom is 0.225 e. The van der Waals surface area contributed by atoms with Crippen LogP contribution < -0.4 is 5.32 Å². The van der Waals surface area contributed by atoms with E-state index in [0.29, 0.717) is 6.42 Å². The zero-order valence-electron chi connectivity index (χ0n) is 11.5. The first-order valence-corrected chi connectivity index (χ1v) is 7.19. The van der Waals surface area contributed by atoms with Crippen LogP contribution in [0.1, 0.15) is 23.5 Å². The molecule has 1 aliphatic heterocycles. The van der Waals surface area contributed by atoms with Crippen LogP contribution in [0, 0.1) is 0 Å². The molecule has 1 aliphatic rings. The Labute approximate surface area is 123 Å². The molecule has 1 heterocycles. The number of hydrogen-bond donors (Lipinski definition) is 1. The molecule has 0 saturated carbocycles. The minimum atomic E-state index is 0.0895. The summed E-state index contributed by atoms with van der Waals surface area (Å²) in [6.07, 6.45) is 0.505. The quantitative estimate of drug-likeness (QED) is 0.703. The lowest BCUT2D eigenvalue weighted by Crippen LogP contribution is -2.23. The molecule has 0 radical (unpaired) electrons. The lowest BCUT2D eigenvalue weighted by atomic mass is 9.82. The molecule has 0 fully saturated rings. The van der Waals surface area contributed by atoms with Gasteiger partial charge in [-0.15, -0.1) is 0 Å². The third kappa shape index (κ3) is 2.00. The average Bonchev–Trinajstić information content (AvgIpc) is 2.54. The molecule has 0 unspecified atom stereocenters. The lowest BCUT2D eigenvalue weighted by molar-refractivity contribution is -0.116. The third-order valence-corrected chi connectivity index (χ3v) is 4.18. The Morgan fingerprint density at radius 2 is 1.62 bits per heavy atom. The highest BCUT2D eigenvalue weighted by Crippen LogP contribution is 2.41. The second-order valence-corrected chi connectivity index (χ2v) is 5.46. The summed E-state index contributed by atoms with van der Waals surface area (Å²) < 4.78 is 0. The van der Waals surface area contributed by atoms with E-state index in [4.69, 9.17) is 0 Å². The van der Waals surface area contributed by atoms with E-state index in [-0.39, 0.29) is 11.8 Å². The number of hydrogen-bond acceptors (Lipinski definition) is 1. The Bertz CT molecular complexity index is 823. The Hall–Kier alpha value is -2.61. The van der Waals surface area contributed by atoms with E-state index in [9.17, 15) is 4.79 Å². The van der Waals surface area contributed by atoms with E-state index in [2.05, 4.69) is 41.7 Å². The van der Waals surface area contributed by atoms with Gasteiger partial charge in [0.2, 0.25) is 5.91 Å². The SMILES string of the molecule is O=C1C[C@H](c2ccccc2)c2c(ccc3ccccc23)N1. The maximum atomic E-state index is 12.0. The van der Waals surface area contributed by atoms with Crippen LogP contribution in [0.4, 0.5) is 5.69 Å². The molecule has 102 valence electrons. The first-order chi connectivity index (χ1) is 10.3. The number of carbonyl (C=O) groups is 1. The average molecular weight is 273 g/mol. The number of amides is 1. The topological polar surface area (TPSA) is 29.1 Å². The van der Waals surface area contributed by atoms with Crippen molar-refractivity contribution < 1.29 is 4.79 Å². The standard InChI is InChI=1S/C19H15NO/c21-18-12-16(13-6-2-1-3-7-13)19-15-9-5-4-8-14(15)10-11-17(19)20-18/h1-11,16H,12H2,(H,20,21)/t16-/m1/s1. The molecule has 0 aliphatic carbocycles. The van der Waals surface area contributed by atoms with E-state index < -0.39 is 0 Å². The molecule has 2 heteroatoms. The van der Waals surface area contributed by atoms with E-state index in [1.165, 1.54) is 21.9 Å². The lowest BCUT2D eigenvalue weighted by Gasteiger charge is -2.27. The number of rotatable bonds is 1. The fraction of sp³-hybridized carbons (Fsp3) is 0.105. The maximum absolute atomic E-state index is 12.0. The van der Waals surface area contributed by atoms with Crippen molar-refractivity contribution in [1.29, 1.82) is 0 Å². The zero-order chi connectivity index (χ0) is 14.2. The molecule has 0 aromatic heterocycles. The monoisotopic (exact) mass is 273 g/mol. The second-order valence-electron chi connectivity index (χ2n) is 5.46. The van der Waals surface area contributed by atoms with Gasteiger partial charge in [-0.1, -0.05) is 60.7 Å². The molecule has 0 spiro atoms. The van der Waals surface area contributed by atoms with Gasteiger partial charge in [0, 0.05) is 18.0 Å². The van der Waals surface area contributed by atoms with Crippen LogP contribution in [0.5, 0.6) is 0 Å². The predicted molar refractivity (Wildman–Crippen MR) is 85.5 cm³/mol. The van der Waals surface area contributed by atoms with Gasteiger partial charge in [0.1, 0.15) is 0 Å². The van der Waals surface area contributed by atoms with Crippen molar-refractivity contribution in [1.82, 2.24) is 0 Å². The molecule has 1 N–H and O–H groups in total. The molecule has 3 aromatic carbocycles. The van der Waals surface area contributed by atoms with Gasteiger partial charge in [0.15, 0.2) is 0 Å². The number of fused-ring (bicyclic) bond motifs is 3. The smallest absolute Gasteiger partial charge is 0.225 e. The highest BCUT2D eigenvalue weighted by molar-refractivity contribution is 6.01. The molecule has 21 heavy (non-hydrogen) atoms. The molecular weight excluding hydrogens is 258 g/mol. The second kappa shape index (κ2) is 4.74. The zero-order valence-corrected chi connectivity index (χ0v) is 11.5. The van der Waals surface area contributed by atoms with Gasteiger partial charge >= 0.3 is 0 Å². The largest absolute Gasteiger partial charge is 0.326 e. The van der Waals surface area contributed by atoms with Gasteiger partial charge in [0.05, 0.1) is 0 Å². The summed E-state index contributed by atoms with van der Waals surface area (Å²) in [6.45, 7) is 0.